The molecule has 0 amide bonds. The molecule has 0 fully saturated rings. The lowest BCUT2D eigenvalue weighted by molar-refractivity contribution is 0.122. The highest BCUT2D eigenvalue weighted by Crippen LogP contribution is 2.25. The summed E-state index contributed by atoms with van der Waals surface area (Å²) in [6.07, 6.45) is -0.142. The molecular weight excluding hydrogens is 284 g/mol. The average molecular weight is 306 g/mol. The number of thiophene rings is 1. The molecule has 0 saturated heterocycles. The van der Waals surface area contributed by atoms with Gasteiger partial charge in [-0.25, -0.2) is 13.1 Å². The number of sulfonamides is 1. The number of ether oxygens (including phenoxy) is 1. The Balaban J connectivity index is 2.78. The molecule has 7 heteroatoms. The Morgan fingerprint density at radius 1 is 1.47 bits per heavy atom. The lowest BCUT2D eigenvalue weighted by atomic mass is 10.3. The molecule has 1 heterocycles. The standard InChI is InChI=1S/C12H22N2O3S2/c1-5-13-8-11-9(2)6-12(18-11)19(15,16)14-7-10(3)17-4/h6,10,13-14H,5,7-8H2,1-4H3. The number of hydrogen-bond donors (Lipinski definition) is 2. The fraction of sp³-hybridized carbons (Fsp3) is 0.667. The summed E-state index contributed by atoms with van der Waals surface area (Å²) < 4.78 is 32.2. The van der Waals surface area contributed by atoms with E-state index in [1.54, 1.807) is 13.2 Å². The van der Waals surface area contributed by atoms with Gasteiger partial charge in [-0.1, -0.05) is 6.92 Å². The first-order valence-corrected chi connectivity index (χ1v) is 8.53. The van der Waals surface area contributed by atoms with Crippen LogP contribution in [0, 0.1) is 6.92 Å². The van der Waals surface area contributed by atoms with Gasteiger partial charge in [-0.2, -0.15) is 0 Å². The SMILES string of the molecule is CCNCc1sc(S(=O)(=O)NCC(C)OC)cc1C. The molecule has 1 atom stereocenters. The summed E-state index contributed by atoms with van der Waals surface area (Å²) in [6, 6.07) is 1.72. The Labute approximate surface area is 119 Å². The number of nitrogens with one attached hydrogen (secondary N) is 2. The van der Waals surface area contributed by atoms with Crippen LogP contribution in [0.1, 0.15) is 24.3 Å². The van der Waals surface area contributed by atoms with E-state index in [-0.39, 0.29) is 12.6 Å². The summed E-state index contributed by atoms with van der Waals surface area (Å²) in [5.41, 5.74) is 1.01. The second-order valence-corrected chi connectivity index (χ2v) is 7.48. The van der Waals surface area contributed by atoms with E-state index in [1.165, 1.54) is 11.3 Å². The van der Waals surface area contributed by atoms with Gasteiger partial charge in [0.1, 0.15) is 4.21 Å². The molecule has 0 saturated carbocycles. The van der Waals surface area contributed by atoms with Crippen molar-refractivity contribution in [3.63, 3.8) is 0 Å². The summed E-state index contributed by atoms with van der Waals surface area (Å²) in [4.78, 5) is 1.06. The van der Waals surface area contributed by atoms with Gasteiger partial charge in [-0.3, -0.25) is 0 Å². The molecule has 0 spiro atoms. The monoisotopic (exact) mass is 306 g/mol. The quantitative estimate of drug-likeness (QED) is 0.763. The molecule has 1 unspecified atom stereocenters. The average Bonchev–Trinajstić information content (AvgIpc) is 2.75. The van der Waals surface area contributed by atoms with Gasteiger partial charge in [0.15, 0.2) is 0 Å². The van der Waals surface area contributed by atoms with Crippen LogP contribution in [-0.4, -0.2) is 34.7 Å². The second-order valence-electron chi connectivity index (χ2n) is 4.35. The first kappa shape index (κ1) is 16.6. The van der Waals surface area contributed by atoms with E-state index >= 15 is 0 Å². The van der Waals surface area contributed by atoms with E-state index in [0.717, 1.165) is 17.0 Å². The minimum Gasteiger partial charge on any atom is -0.380 e. The zero-order valence-electron chi connectivity index (χ0n) is 11.8. The summed E-state index contributed by atoms with van der Waals surface area (Å²) in [5.74, 6) is 0. The van der Waals surface area contributed by atoms with Crippen LogP contribution in [-0.2, 0) is 21.3 Å². The Kier molecular flexibility index (Phi) is 6.41. The maximum atomic E-state index is 12.1. The molecule has 1 aromatic heterocycles. The molecule has 0 aromatic carbocycles. The number of aryl methyl sites for hydroxylation is 1. The highest BCUT2D eigenvalue weighted by Gasteiger charge is 2.19. The zero-order valence-corrected chi connectivity index (χ0v) is 13.5. The molecule has 0 aliphatic carbocycles. The summed E-state index contributed by atoms with van der Waals surface area (Å²) in [5, 5.41) is 3.20. The summed E-state index contributed by atoms with van der Waals surface area (Å²) in [7, 11) is -1.87. The molecule has 0 aliphatic rings. The van der Waals surface area contributed by atoms with Crippen LogP contribution < -0.4 is 10.0 Å². The van der Waals surface area contributed by atoms with Crippen LogP contribution in [0.15, 0.2) is 10.3 Å². The minimum atomic E-state index is -3.43. The normalized spacial score (nSPS) is 13.7. The summed E-state index contributed by atoms with van der Waals surface area (Å²) in [6.45, 7) is 7.62. The van der Waals surface area contributed by atoms with Crippen molar-refractivity contribution in [1.82, 2.24) is 10.0 Å². The number of rotatable bonds is 8. The van der Waals surface area contributed by atoms with Gasteiger partial charge in [0.2, 0.25) is 10.0 Å². The van der Waals surface area contributed by atoms with Crippen molar-refractivity contribution in [1.29, 1.82) is 0 Å². The van der Waals surface area contributed by atoms with Gasteiger partial charge in [0.25, 0.3) is 0 Å². The molecule has 1 rings (SSSR count). The molecule has 1 aromatic rings. The highest BCUT2D eigenvalue weighted by atomic mass is 32.2. The van der Waals surface area contributed by atoms with Crippen molar-refractivity contribution >= 4 is 21.4 Å². The van der Waals surface area contributed by atoms with Gasteiger partial charge >= 0.3 is 0 Å². The third-order valence-corrected chi connectivity index (χ3v) is 5.90. The first-order chi connectivity index (χ1) is 8.90. The predicted molar refractivity (Wildman–Crippen MR) is 78.1 cm³/mol. The fourth-order valence-corrected chi connectivity index (χ4v) is 4.14. The van der Waals surface area contributed by atoms with Crippen molar-refractivity contribution in [3.05, 3.63) is 16.5 Å². The predicted octanol–water partition coefficient (Wildman–Crippen LogP) is 1.48. The molecular formula is C12H22N2O3S2. The molecule has 0 bridgehead atoms. The molecule has 2 N–H and O–H groups in total. The van der Waals surface area contributed by atoms with Gasteiger partial charge < -0.3 is 10.1 Å². The first-order valence-electron chi connectivity index (χ1n) is 6.23. The Morgan fingerprint density at radius 2 is 2.16 bits per heavy atom. The van der Waals surface area contributed by atoms with Crippen LogP contribution in [0.25, 0.3) is 0 Å². The van der Waals surface area contributed by atoms with E-state index in [9.17, 15) is 8.42 Å². The number of hydrogen-bond acceptors (Lipinski definition) is 5. The van der Waals surface area contributed by atoms with Gasteiger partial charge in [-0.05, 0) is 32.0 Å². The van der Waals surface area contributed by atoms with Crippen LogP contribution in [0.2, 0.25) is 0 Å². The van der Waals surface area contributed by atoms with Crippen molar-refractivity contribution in [2.75, 3.05) is 20.2 Å². The number of methoxy groups -OCH3 is 1. The van der Waals surface area contributed by atoms with E-state index < -0.39 is 10.0 Å². The van der Waals surface area contributed by atoms with Crippen LogP contribution in [0.3, 0.4) is 0 Å². The third kappa shape index (κ3) is 4.85. The Morgan fingerprint density at radius 3 is 2.74 bits per heavy atom. The van der Waals surface area contributed by atoms with Gasteiger partial charge in [-0.15, -0.1) is 11.3 Å². The largest absolute Gasteiger partial charge is 0.380 e. The fourth-order valence-electron chi connectivity index (χ4n) is 1.42. The molecule has 0 aliphatic heterocycles. The molecule has 19 heavy (non-hydrogen) atoms. The van der Waals surface area contributed by atoms with Crippen molar-refractivity contribution in [3.8, 4) is 0 Å². The zero-order chi connectivity index (χ0) is 14.5. The molecule has 0 radical (unpaired) electrons. The Bertz CT molecular complexity index is 497. The van der Waals surface area contributed by atoms with Crippen molar-refractivity contribution < 1.29 is 13.2 Å². The third-order valence-electron chi connectivity index (χ3n) is 2.76. The van der Waals surface area contributed by atoms with E-state index in [1.807, 2.05) is 20.8 Å². The lowest BCUT2D eigenvalue weighted by Gasteiger charge is -2.10. The lowest BCUT2D eigenvalue weighted by Crippen LogP contribution is -2.31. The van der Waals surface area contributed by atoms with Gasteiger partial charge in [0, 0.05) is 25.1 Å². The topological polar surface area (TPSA) is 67.4 Å². The minimum absolute atomic E-state index is 0.142. The Hall–Kier alpha value is -0.470. The van der Waals surface area contributed by atoms with Crippen molar-refractivity contribution in [2.45, 2.75) is 37.6 Å². The van der Waals surface area contributed by atoms with Crippen LogP contribution in [0.5, 0.6) is 0 Å². The molecule has 110 valence electrons. The van der Waals surface area contributed by atoms with Crippen molar-refractivity contribution in [2.24, 2.45) is 0 Å². The maximum Gasteiger partial charge on any atom is 0.250 e. The second kappa shape index (κ2) is 7.35. The van der Waals surface area contributed by atoms with E-state index in [4.69, 9.17) is 4.74 Å². The maximum absolute atomic E-state index is 12.1. The van der Waals surface area contributed by atoms with Crippen LogP contribution in [0.4, 0.5) is 0 Å². The van der Waals surface area contributed by atoms with Gasteiger partial charge in [0.05, 0.1) is 6.10 Å². The van der Waals surface area contributed by atoms with Crippen LogP contribution >= 0.6 is 11.3 Å². The smallest absolute Gasteiger partial charge is 0.250 e. The van der Waals surface area contributed by atoms with E-state index in [0.29, 0.717) is 10.8 Å². The summed E-state index contributed by atoms with van der Waals surface area (Å²) >= 11 is 1.31. The highest BCUT2D eigenvalue weighted by molar-refractivity contribution is 7.91. The molecule has 5 nitrogen and oxygen atoms in total. The van der Waals surface area contributed by atoms with E-state index in [2.05, 4.69) is 10.0 Å².